The lowest BCUT2D eigenvalue weighted by Gasteiger charge is -2.10. The predicted octanol–water partition coefficient (Wildman–Crippen LogP) is 4.84. The van der Waals surface area contributed by atoms with Gasteiger partial charge in [0.05, 0.1) is 10.7 Å². The fourth-order valence-electron chi connectivity index (χ4n) is 1.65. The lowest BCUT2D eigenvalue weighted by Crippen LogP contribution is -2.03. The number of anilines is 2. The van der Waals surface area contributed by atoms with Crippen LogP contribution >= 0.6 is 27.5 Å². The van der Waals surface area contributed by atoms with Crippen LogP contribution in [0.2, 0.25) is 5.02 Å². The summed E-state index contributed by atoms with van der Waals surface area (Å²) in [5.74, 6) is 0.827. The van der Waals surface area contributed by atoms with E-state index in [1.54, 1.807) is 6.20 Å². The number of nitrogens with one attached hydrogen (secondary N) is 1. The van der Waals surface area contributed by atoms with Gasteiger partial charge in [0.1, 0.15) is 0 Å². The third-order valence-electron chi connectivity index (χ3n) is 2.65. The van der Waals surface area contributed by atoms with Crippen molar-refractivity contribution in [3.8, 4) is 0 Å². The average Bonchev–Trinajstić information content (AvgIpc) is 2.77. The van der Waals surface area contributed by atoms with Crippen LogP contribution in [0.3, 0.4) is 0 Å². The molecule has 0 aliphatic heterocycles. The second kappa shape index (κ2) is 6.25. The quantitative estimate of drug-likeness (QED) is 0.851. The Morgan fingerprint density at radius 2 is 2.28 bits per heavy atom. The topological polar surface area (TPSA) is 29.9 Å². The highest BCUT2D eigenvalue weighted by atomic mass is 79.9. The summed E-state index contributed by atoms with van der Waals surface area (Å²) in [5.41, 5.74) is 0.865. The fraction of sp³-hybridized carbons (Fsp3) is 0.308. The number of aryl methyl sites for hydroxylation is 1. The lowest BCUT2D eigenvalue weighted by molar-refractivity contribution is 0.638. The smallest absolute Gasteiger partial charge is 0.207 e. The summed E-state index contributed by atoms with van der Waals surface area (Å²) in [5, 5.41) is 3.93. The maximum atomic E-state index is 6.17. The van der Waals surface area contributed by atoms with Gasteiger partial charge in [-0.3, -0.25) is 0 Å². The third kappa shape index (κ3) is 3.27. The molecule has 18 heavy (non-hydrogen) atoms. The molecule has 0 saturated heterocycles. The Kier molecular flexibility index (Phi) is 4.66. The van der Waals surface area contributed by atoms with Crippen LogP contribution < -0.4 is 5.32 Å². The number of hydrogen-bond acceptors (Lipinski definition) is 2. The first-order valence-corrected chi connectivity index (χ1v) is 7.11. The molecule has 0 aliphatic rings. The van der Waals surface area contributed by atoms with E-state index < -0.39 is 0 Å². The van der Waals surface area contributed by atoms with Gasteiger partial charge in [0.15, 0.2) is 0 Å². The molecule has 2 rings (SSSR count). The van der Waals surface area contributed by atoms with Crippen molar-refractivity contribution in [3.63, 3.8) is 0 Å². The molecule has 3 nitrogen and oxygen atoms in total. The van der Waals surface area contributed by atoms with E-state index in [4.69, 9.17) is 11.6 Å². The number of benzene rings is 1. The minimum Gasteiger partial charge on any atom is -0.324 e. The van der Waals surface area contributed by atoms with Crippen molar-refractivity contribution < 1.29 is 0 Å². The number of hydrogen-bond donors (Lipinski definition) is 1. The Bertz CT molecular complexity index is 525. The Morgan fingerprint density at radius 1 is 1.44 bits per heavy atom. The van der Waals surface area contributed by atoms with Crippen molar-refractivity contribution in [2.75, 3.05) is 5.32 Å². The van der Waals surface area contributed by atoms with Gasteiger partial charge in [-0.15, -0.1) is 0 Å². The molecule has 5 heteroatoms. The molecule has 0 fully saturated rings. The van der Waals surface area contributed by atoms with Crippen LogP contribution in [0.4, 0.5) is 11.6 Å². The van der Waals surface area contributed by atoms with E-state index in [9.17, 15) is 0 Å². The lowest BCUT2D eigenvalue weighted by atomic mass is 10.3. The van der Waals surface area contributed by atoms with E-state index in [2.05, 4.69) is 37.7 Å². The second-order valence-corrected chi connectivity index (χ2v) is 5.37. The van der Waals surface area contributed by atoms with Gasteiger partial charge in [-0.25, -0.2) is 4.98 Å². The first-order chi connectivity index (χ1) is 8.70. The molecule has 0 radical (unpaired) electrons. The first kappa shape index (κ1) is 13.4. The standard InChI is InChI=1S/C13H15BrClN3/c1-2-3-7-18-8-6-16-13(18)17-12-5-4-10(14)9-11(12)15/h4-6,8-9H,2-3,7H2,1H3,(H,16,17). The molecule has 0 atom stereocenters. The van der Waals surface area contributed by atoms with E-state index >= 15 is 0 Å². The van der Waals surface area contributed by atoms with Gasteiger partial charge < -0.3 is 9.88 Å². The molecule has 0 unspecified atom stereocenters. The zero-order chi connectivity index (χ0) is 13.0. The number of halogens is 2. The van der Waals surface area contributed by atoms with E-state index in [-0.39, 0.29) is 0 Å². The molecule has 0 saturated carbocycles. The SMILES string of the molecule is CCCCn1ccnc1Nc1ccc(Br)cc1Cl. The molecule has 1 aromatic heterocycles. The number of rotatable bonds is 5. The highest BCUT2D eigenvalue weighted by Crippen LogP contribution is 2.27. The van der Waals surface area contributed by atoms with Gasteiger partial charge in [-0.1, -0.05) is 40.9 Å². The van der Waals surface area contributed by atoms with Crippen LogP contribution in [0.25, 0.3) is 0 Å². The predicted molar refractivity (Wildman–Crippen MR) is 79.6 cm³/mol. The molecular formula is C13H15BrClN3. The molecule has 96 valence electrons. The van der Waals surface area contributed by atoms with Crippen molar-refractivity contribution in [2.24, 2.45) is 0 Å². The van der Waals surface area contributed by atoms with Crippen molar-refractivity contribution in [3.05, 3.63) is 40.1 Å². The minimum atomic E-state index is 0.675. The number of imidazole rings is 1. The van der Waals surface area contributed by atoms with Crippen molar-refractivity contribution in [1.29, 1.82) is 0 Å². The molecule has 0 spiro atoms. The zero-order valence-electron chi connectivity index (χ0n) is 10.2. The second-order valence-electron chi connectivity index (χ2n) is 4.05. The molecule has 0 amide bonds. The molecule has 0 aliphatic carbocycles. The average molecular weight is 329 g/mol. The monoisotopic (exact) mass is 327 g/mol. The van der Waals surface area contributed by atoms with Crippen LogP contribution in [0.5, 0.6) is 0 Å². The Morgan fingerprint density at radius 3 is 3.00 bits per heavy atom. The van der Waals surface area contributed by atoms with Crippen molar-refractivity contribution in [2.45, 2.75) is 26.3 Å². The molecule has 1 aromatic carbocycles. The van der Waals surface area contributed by atoms with Crippen molar-refractivity contribution >= 4 is 39.2 Å². The van der Waals surface area contributed by atoms with Gasteiger partial charge >= 0.3 is 0 Å². The maximum absolute atomic E-state index is 6.17. The zero-order valence-corrected chi connectivity index (χ0v) is 12.5. The number of nitrogens with zero attached hydrogens (tertiary/aromatic N) is 2. The normalized spacial score (nSPS) is 10.6. The summed E-state index contributed by atoms with van der Waals surface area (Å²) in [6.45, 7) is 3.14. The first-order valence-electron chi connectivity index (χ1n) is 5.94. The fourth-order valence-corrected chi connectivity index (χ4v) is 2.37. The van der Waals surface area contributed by atoms with Crippen LogP contribution in [0, 0.1) is 0 Å². The van der Waals surface area contributed by atoms with Gasteiger partial charge in [0.2, 0.25) is 5.95 Å². The van der Waals surface area contributed by atoms with Crippen LogP contribution in [0.1, 0.15) is 19.8 Å². The van der Waals surface area contributed by atoms with Gasteiger partial charge in [0.25, 0.3) is 0 Å². The van der Waals surface area contributed by atoms with Gasteiger partial charge in [-0.05, 0) is 24.6 Å². The third-order valence-corrected chi connectivity index (χ3v) is 3.45. The Hall–Kier alpha value is -1.000. The molecule has 2 aromatic rings. The molecule has 0 bridgehead atoms. The molecular weight excluding hydrogens is 314 g/mol. The summed E-state index contributed by atoms with van der Waals surface area (Å²) < 4.78 is 3.06. The van der Waals surface area contributed by atoms with Crippen molar-refractivity contribution in [1.82, 2.24) is 9.55 Å². The highest BCUT2D eigenvalue weighted by molar-refractivity contribution is 9.10. The minimum absolute atomic E-state index is 0.675. The number of unbranched alkanes of at least 4 members (excludes halogenated alkanes) is 1. The summed E-state index contributed by atoms with van der Waals surface area (Å²) >= 11 is 9.56. The van der Waals surface area contributed by atoms with E-state index in [0.29, 0.717) is 5.02 Å². The van der Waals surface area contributed by atoms with Crippen LogP contribution in [-0.2, 0) is 6.54 Å². The Labute approximate surface area is 120 Å². The summed E-state index contributed by atoms with van der Waals surface area (Å²) in [4.78, 5) is 4.31. The summed E-state index contributed by atoms with van der Waals surface area (Å²) in [6.07, 6.45) is 6.07. The highest BCUT2D eigenvalue weighted by Gasteiger charge is 2.06. The maximum Gasteiger partial charge on any atom is 0.207 e. The van der Waals surface area contributed by atoms with Gasteiger partial charge in [0, 0.05) is 23.4 Å². The summed E-state index contributed by atoms with van der Waals surface area (Å²) in [6, 6.07) is 5.75. The van der Waals surface area contributed by atoms with Gasteiger partial charge in [-0.2, -0.15) is 0 Å². The van der Waals surface area contributed by atoms with Crippen LogP contribution in [-0.4, -0.2) is 9.55 Å². The largest absolute Gasteiger partial charge is 0.324 e. The number of aromatic nitrogens is 2. The molecule has 1 N–H and O–H groups in total. The Balaban J connectivity index is 2.15. The van der Waals surface area contributed by atoms with E-state index in [0.717, 1.165) is 35.5 Å². The van der Waals surface area contributed by atoms with E-state index in [1.807, 2.05) is 24.4 Å². The van der Waals surface area contributed by atoms with E-state index in [1.165, 1.54) is 0 Å². The summed E-state index contributed by atoms with van der Waals surface area (Å²) in [7, 11) is 0. The molecule has 1 heterocycles. The van der Waals surface area contributed by atoms with Crippen LogP contribution in [0.15, 0.2) is 35.1 Å².